The van der Waals surface area contributed by atoms with Crippen LogP contribution in [0.3, 0.4) is 0 Å². The maximum Gasteiger partial charge on any atom is 0.277 e. The number of hydrazone groups is 1. The molecule has 7 nitrogen and oxygen atoms in total. The van der Waals surface area contributed by atoms with E-state index < -0.39 is 5.91 Å². The third-order valence-corrected chi connectivity index (χ3v) is 6.40. The molecule has 2 heterocycles. The number of carbonyl (C=O) groups excluding carboxylic acids is 2. The molecule has 2 aromatic carbocycles. The number of aromatic nitrogens is 1. The molecule has 0 aliphatic rings. The Balaban J connectivity index is 1.46. The van der Waals surface area contributed by atoms with Crippen molar-refractivity contribution in [1.29, 1.82) is 0 Å². The number of rotatable bonds is 6. The molecule has 2 N–H and O–H groups in total. The highest BCUT2D eigenvalue weighted by molar-refractivity contribution is 7.14. The van der Waals surface area contributed by atoms with E-state index in [4.69, 9.17) is 16.1 Å². The summed E-state index contributed by atoms with van der Waals surface area (Å²) in [7, 11) is 0. The molecule has 0 saturated carbocycles. The lowest BCUT2D eigenvalue weighted by atomic mass is 10.1. The Bertz CT molecular complexity index is 1390. The molecule has 172 valence electrons. The van der Waals surface area contributed by atoms with E-state index in [1.165, 1.54) is 11.3 Å². The SMILES string of the molecule is CC(=NNC(=O)c1c(-c2ccccc2Cl)noc1C)c1ccc(NC(=O)c2ccc(C)s2)cc1. The predicted molar refractivity (Wildman–Crippen MR) is 135 cm³/mol. The summed E-state index contributed by atoms with van der Waals surface area (Å²) >= 11 is 7.71. The number of halogens is 1. The molecule has 0 radical (unpaired) electrons. The van der Waals surface area contributed by atoms with Crippen LogP contribution in [0.4, 0.5) is 5.69 Å². The second-order valence-electron chi connectivity index (χ2n) is 7.52. The van der Waals surface area contributed by atoms with Crippen molar-refractivity contribution in [3.05, 3.63) is 92.3 Å². The smallest absolute Gasteiger partial charge is 0.277 e. The Morgan fingerprint density at radius 3 is 2.41 bits per heavy atom. The number of anilines is 1. The van der Waals surface area contributed by atoms with Gasteiger partial charge in [-0.2, -0.15) is 5.10 Å². The molecule has 0 aliphatic carbocycles. The van der Waals surface area contributed by atoms with Gasteiger partial charge in [0, 0.05) is 16.1 Å². The third kappa shape index (κ3) is 5.08. The normalized spacial score (nSPS) is 11.4. The number of amides is 2. The number of hydrogen-bond donors (Lipinski definition) is 2. The molecule has 2 aromatic heterocycles. The van der Waals surface area contributed by atoms with Gasteiger partial charge < -0.3 is 9.84 Å². The third-order valence-electron chi connectivity index (χ3n) is 5.07. The largest absolute Gasteiger partial charge is 0.360 e. The lowest BCUT2D eigenvalue weighted by molar-refractivity contribution is 0.0953. The number of hydrogen-bond acceptors (Lipinski definition) is 6. The fourth-order valence-corrected chi connectivity index (χ4v) is 4.26. The summed E-state index contributed by atoms with van der Waals surface area (Å²) in [5.41, 5.74) is 5.84. The Morgan fingerprint density at radius 2 is 1.74 bits per heavy atom. The Hall–Kier alpha value is -3.75. The van der Waals surface area contributed by atoms with Crippen molar-refractivity contribution in [2.45, 2.75) is 20.8 Å². The van der Waals surface area contributed by atoms with Crippen molar-refractivity contribution in [2.75, 3.05) is 5.32 Å². The summed E-state index contributed by atoms with van der Waals surface area (Å²) in [5, 5.41) is 11.6. The van der Waals surface area contributed by atoms with E-state index in [0.29, 0.717) is 38.3 Å². The summed E-state index contributed by atoms with van der Waals surface area (Å²) in [4.78, 5) is 26.9. The molecular weight excluding hydrogens is 472 g/mol. The molecule has 4 aromatic rings. The van der Waals surface area contributed by atoms with Gasteiger partial charge in [0.25, 0.3) is 11.8 Å². The Kier molecular flexibility index (Phi) is 6.90. The lowest BCUT2D eigenvalue weighted by Crippen LogP contribution is -2.20. The first kappa shape index (κ1) is 23.4. The van der Waals surface area contributed by atoms with Crippen LogP contribution in [-0.2, 0) is 0 Å². The number of aryl methyl sites for hydroxylation is 2. The first-order chi connectivity index (χ1) is 16.3. The molecule has 0 unspecified atom stereocenters. The molecule has 0 saturated heterocycles. The summed E-state index contributed by atoms with van der Waals surface area (Å²) in [6.07, 6.45) is 0. The lowest BCUT2D eigenvalue weighted by Gasteiger charge is -2.07. The van der Waals surface area contributed by atoms with Gasteiger partial charge in [-0.3, -0.25) is 9.59 Å². The number of nitrogens with one attached hydrogen (secondary N) is 2. The van der Waals surface area contributed by atoms with Gasteiger partial charge in [-0.1, -0.05) is 47.1 Å². The van der Waals surface area contributed by atoms with Gasteiger partial charge >= 0.3 is 0 Å². The van der Waals surface area contributed by atoms with E-state index in [1.807, 2.05) is 31.2 Å². The van der Waals surface area contributed by atoms with E-state index in [2.05, 4.69) is 21.0 Å². The first-order valence-electron chi connectivity index (χ1n) is 10.4. The minimum atomic E-state index is -0.455. The average Bonchev–Trinajstić information content (AvgIpc) is 3.43. The topological polar surface area (TPSA) is 96.6 Å². The maximum absolute atomic E-state index is 12.9. The van der Waals surface area contributed by atoms with E-state index in [9.17, 15) is 9.59 Å². The Morgan fingerprint density at radius 1 is 1.00 bits per heavy atom. The van der Waals surface area contributed by atoms with Gasteiger partial charge in [-0.15, -0.1) is 11.3 Å². The van der Waals surface area contributed by atoms with E-state index in [0.717, 1.165) is 10.4 Å². The van der Waals surface area contributed by atoms with Crippen LogP contribution in [0.1, 0.15) is 43.2 Å². The van der Waals surface area contributed by atoms with E-state index in [1.54, 1.807) is 50.2 Å². The Labute approximate surface area is 205 Å². The summed E-state index contributed by atoms with van der Waals surface area (Å²) in [6.45, 7) is 5.39. The van der Waals surface area contributed by atoms with Crippen LogP contribution < -0.4 is 10.7 Å². The molecule has 2 amide bonds. The van der Waals surface area contributed by atoms with Crippen molar-refractivity contribution < 1.29 is 14.1 Å². The highest BCUT2D eigenvalue weighted by atomic mass is 35.5. The van der Waals surface area contributed by atoms with Crippen LogP contribution >= 0.6 is 22.9 Å². The zero-order valence-electron chi connectivity index (χ0n) is 18.7. The minimum absolute atomic E-state index is 0.151. The molecule has 0 aliphatic heterocycles. The van der Waals surface area contributed by atoms with Crippen LogP contribution in [0.15, 0.2) is 70.3 Å². The van der Waals surface area contributed by atoms with Crippen molar-refractivity contribution in [3.8, 4) is 11.3 Å². The molecule has 0 atom stereocenters. The fourth-order valence-electron chi connectivity index (χ4n) is 3.28. The van der Waals surface area contributed by atoms with Gasteiger partial charge in [0.2, 0.25) is 0 Å². The molecule has 4 rings (SSSR count). The van der Waals surface area contributed by atoms with Crippen molar-refractivity contribution in [1.82, 2.24) is 10.6 Å². The van der Waals surface area contributed by atoms with Gasteiger partial charge in [-0.05, 0) is 56.7 Å². The molecule has 0 spiro atoms. The summed E-state index contributed by atoms with van der Waals surface area (Å²) < 4.78 is 5.24. The van der Waals surface area contributed by atoms with Gasteiger partial charge in [0.15, 0.2) is 0 Å². The van der Waals surface area contributed by atoms with E-state index in [-0.39, 0.29) is 11.5 Å². The number of thiophene rings is 1. The zero-order valence-corrected chi connectivity index (χ0v) is 20.3. The highest BCUT2D eigenvalue weighted by Crippen LogP contribution is 2.31. The average molecular weight is 493 g/mol. The number of carbonyl (C=O) groups is 2. The number of benzene rings is 2. The highest BCUT2D eigenvalue weighted by Gasteiger charge is 2.23. The van der Waals surface area contributed by atoms with Crippen molar-refractivity contribution in [3.63, 3.8) is 0 Å². The van der Waals surface area contributed by atoms with E-state index >= 15 is 0 Å². The predicted octanol–water partition coefficient (Wildman–Crippen LogP) is 6.08. The fraction of sp³-hybridized carbons (Fsp3) is 0.120. The van der Waals surface area contributed by atoms with Gasteiger partial charge in [-0.25, -0.2) is 5.43 Å². The molecule has 9 heteroatoms. The van der Waals surface area contributed by atoms with Crippen molar-refractivity contribution >= 4 is 46.2 Å². The second kappa shape index (κ2) is 10.0. The summed E-state index contributed by atoms with van der Waals surface area (Å²) in [6, 6.07) is 18.0. The van der Waals surface area contributed by atoms with Crippen molar-refractivity contribution in [2.24, 2.45) is 5.10 Å². The monoisotopic (exact) mass is 492 g/mol. The quantitative estimate of drug-likeness (QED) is 0.252. The van der Waals surface area contributed by atoms with Gasteiger partial charge in [0.05, 0.1) is 15.6 Å². The number of nitrogens with zero attached hydrogens (tertiary/aromatic N) is 2. The second-order valence-corrected chi connectivity index (χ2v) is 9.22. The minimum Gasteiger partial charge on any atom is -0.360 e. The molecule has 0 bridgehead atoms. The van der Waals surface area contributed by atoms with Crippen LogP contribution in [-0.4, -0.2) is 22.7 Å². The van der Waals surface area contributed by atoms with Crippen LogP contribution in [0, 0.1) is 13.8 Å². The van der Waals surface area contributed by atoms with Crippen LogP contribution in [0.5, 0.6) is 0 Å². The zero-order chi connectivity index (χ0) is 24.2. The molecule has 0 fully saturated rings. The van der Waals surface area contributed by atoms with Crippen LogP contribution in [0.2, 0.25) is 5.02 Å². The standard InChI is InChI=1S/C25H21ClN4O3S/c1-14-8-13-21(34-14)24(31)27-18-11-9-17(10-12-18)15(2)28-29-25(32)22-16(3)33-30-23(22)19-6-4-5-7-20(19)26/h4-13H,1-3H3,(H,27,31)(H,29,32). The van der Waals surface area contributed by atoms with Crippen LogP contribution in [0.25, 0.3) is 11.3 Å². The maximum atomic E-state index is 12.9. The first-order valence-corrected chi connectivity index (χ1v) is 11.6. The molecular formula is C25H21ClN4O3S. The summed E-state index contributed by atoms with van der Waals surface area (Å²) in [5.74, 6) is -0.244. The van der Waals surface area contributed by atoms with Gasteiger partial charge in [0.1, 0.15) is 17.0 Å². The molecule has 34 heavy (non-hydrogen) atoms.